The van der Waals surface area contributed by atoms with Gasteiger partial charge in [0.25, 0.3) is 0 Å². The summed E-state index contributed by atoms with van der Waals surface area (Å²) in [6.07, 6.45) is 8.11. The van der Waals surface area contributed by atoms with E-state index < -0.39 is 17.4 Å². The fourth-order valence-electron chi connectivity index (χ4n) is 5.23. The van der Waals surface area contributed by atoms with Crippen molar-refractivity contribution in [2.24, 2.45) is 18.9 Å². The number of fused-ring (bicyclic) bond motifs is 1. The molecule has 3 aliphatic rings. The average Bonchev–Trinajstić information content (AvgIpc) is 3.49. The molecule has 2 amide bonds. The Morgan fingerprint density at radius 1 is 1.29 bits per heavy atom. The zero-order valence-electron chi connectivity index (χ0n) is 18.2. The zero-order valence-corrected chi connectivity index (χ0v) is 18.2. The van der Waals surface area contributed by atoms with E-state index >= 15 is 0 Å². The molecule has 4 atom stereocenters. The van der Waals surface area contributed by atoms with Crippen LogP contribution in [0.1, 0.15) is 16.7 Å². The molecule has 1 aromatic carbocycles. The lowest BCUT2D eigenvalue weighted by molar-refractivity contribution is -0.142. The molecular formula is C24H28N4O3. The summed E-state index contributed by atoms with van der Waals surface area (Å²) in [4.78, 5) is 30.3. The topological polar surface area (TPSA) is 67.7 Å². The minimum atomic E-state index is -0.662. The second-order valence-electron chi connectivity index (χ2n) is 9.11. The van der Waals surface area contributed by atoms with Crippen molar-refractivity contribution in [1.29, 1.82) is 0 Å². The molecule has 0 radical (unpaired) electrons. The minimum absolute atomic E-state index is 0.0343. The molecule has 7 heteroatoms. The fourth-order valence-corrected chi connectivity index (χ4v) is 5.23. The van der Waals surface area contributed by atoms with Crippen LogP contribution in [0.4, 0.5) is 0 Å². The Labute approximate surface area is 182 Å². The first-order valence-corrected chi connectivity index (χ1v) is 10.8. The summed E-state index contributed by atoms with van der Waals surface area (Å²) in [5.74, 6) is -0.918. The number of carbonyl (C=O) groups excluding carboxylic acids is 2. The summed E-state index contributed by atoms with van der Waals surface area (Å²) in [7, 11) is 3.64. The van der Waals surface area contributed by atoms with E-state index in [1.54, 1.807) is 22.8 Å². The lowest BCUT2D eigenvalue weighted by Crippen LogP contribution is -2.44. The van der Waals surface area contributed by atoms with Crippen molar-refractivity contribution in [1.82, 2.24) is 19.6 Å². The van der Waals surface area contributed by atoms with Gasteiger partial charge in [0.05, 0.1) is 30.7 Å². The molecule has 2 unspecified atom stereocenters. The third-order valence-electron chi connectivity index (χ3n) is 6.81. The number of hydrogen-bond acceptors (Lipinski definition) is 4. The molecular weight excluding hydrogens is 392 g/mol. The Balaban J connectivity index is 1.30. The highest BCUT2D eigenvalue weighted by Crippen LogP contribution is 2.52. The van der Waals surface area contributed by atoms with Crippen LogP contribution in [0.25, 0.3) is 0 Å². The van der Waals surface area contributed by atoms with Crippen LogP contribution in [-0.2, 0) is 34.3 Å². The number of aromatic nitrogens is 2. The van der Waals surface area contributed by atoms with Gasteiger partial charge in [-0.05, 0) is 18.9 Å². The van der Waals surface area contributed by atoms with Gasteiger partial charge in [-0.25, -0.2) is 0 Å². The van der Waals surface area contributed by atoms with Gasteiger partial charge in [-0.1, -0.05) is 42.0 Å². The quantitative estimate of drug-likeness (QED) is 0.668. The van der Waals surface area contributed by atoms with Crippen LogP contribution < -0.4 is 0 Å². The van der Waals surface area contributed by atoms with E-state index in [9.17, 15) is 9.59 Å². The molecule has 0 aliphatic carbocycles. The molecule has 5 rings (SSSR count). The molecule has 162 valence electrons. The first-order chi connectivity index (χ1) is 14.9. The number of nitrogens with zero attached hydrogens (tertiary/aromatic N) is 4. The van der Waals surface area contributed by atoms with Crippen LogP contribution >= 0.6 is 0 Å². The van der Waals surface area contributed by atoms with Crippen LogP contribution in [0.5, 0.6) is 0 Å². The van der Waals surface area contributed by atoms with Gasteiger partial charge in [0.2, 0.25) is 11.8 Å². The van der Waals surface area contributed by atoms with Gasteiger partial charge in [-0.2, -0.15) is 5.10 Å². The van der Waals surface area contributed by atoms with Crippen LogP contribution in [-0.4, -0.2) is 63.2 Å². The molecule has 1 aromatic heterocycles. The maximum atomic E-state index is 13.4. The van der Waals surface area contributed by atoms with Crippen molar-refractivity contribution in [2.45, 2.75) is 31.6 Å². The molecule has 31 heavy (non-hydrogen) atoms. The monoisotopic (exact) mass is 420 g/mol. The standard InChI is InChI=1S/C24H28N4O3/c1-16-4-6-17(7-5-16)9-11-28-15-24-10-8-19(31-24)20(21(24)23(28)30)22(29)26(2)13-18-12-25-27(3)14-18/h4-8,10,12,14,19-21H,9,11,13,15H2,1-3H3/t19-,20?,21?,24-/m1/s1. The molecule has 2 fully saturated rings. The van der Waals surface area contributed by atoms with Crippen molar-refractivity contribution in [3.05, 3.63) is 65.5 Å². The maximum Gasteiger partial charge on any atom is 0.230 e. The van der Waals surface area contributed by atoms with Gasteiger partial charge in [0, 0.05) is 38.9 Å². The summed E-state index contributed by atoms with van der Waals surface area (Å²) in [5.41, 5.74) is 2.73. The third-order valence-corrected chi connectivity index (χ3v) is 6.81. The van der Waals surface area contributed by atoms with Crippen molar-refractivity contribution < 1.29 is 14.3 Å². The Bertz CT molecular complexity index is 1040. The summed E-state index contributed by atoms with van der Waals surface area (Å²) in [5, 5.41) is 4.17. The first-order valence-electron chi connectivity index (χ1n) is 10.8. The molecule has 2 bridgehead atoms. The summed E-state index contributed by atoms with van der Waals surface area (Å²) in [6.45, 7) is 3.68. The predicted molar refractivity (Wildman–Crippen MR) is 115 cm³/mol. The molecule has 2 aromatic rings. The second-order valence-corrected chi connectivity index (χ2v) is 9.11. The Kier molecular flexibility index (Phi) is 4.73. The molecule has 0 saturated carbocycles. The van der Waals surface area contributed by atoms with E-state index in [4.69, 9.17) is 4.74 Å². The molecule has 1 spiro atoms. The Hall–Kier alpha value is -2.93. The number of aryl methyl sites for hydroxylation is 2. The van der Waals surface area contributed by atoms with Crippen molar-refractivity contribution in [3.8, 4) is 0 Å². The van der Waals surface area contributed by atoms with Crippen LogP contribution in [0.15, 0.2) is 48.8 Å². The van der Waals surface area contributed by atoms with Crippen LogP contribution in [0, 0.1) is 18.8 Å². The van der Waals surface area contributed by atoms with E-state index in [1.165, 1.54) is 11.1 Å². The Morgan fingerprint density at radius 2 is 2.06 bits per heavy atom. The van der Waals surface area contributed by atoms with Gasteiger partial charge < -0.3 is 14.5 Å². The highest BCUT2D eigenvalue weighted by atomic mass is 16.5. The molecule has 0 N–H and O–H groups in total. The molecule has 7 nitrogen and oxygen atoms in total. The van der Waals surface area contributed by atoms with Gasteiger partial charge in [0.1, 0.15) is 5.60 Å². The summed E-state index contributed by atoms with van der Waals surface area (Å²) < 4.78 is 7.97. The third kappa shape index (κ3) is 3.37. The number of rotatable bonds is 6. The number of amides is 2. The van der Waals surface area contributed by atoms with Gasteiger partial charge in [-0.15, -0.1) is 0 Å². The smallest absolute Gasteiger partial charge is 0.230 e. The zero-order chi connectivity index (χ0) is 21.8. The SMILES string of the molecule is Cc1ccc(CCN2C[C@@]34C=C[C@@H](O3)C(C(=O)N(C)Cc3cnn(C)c3)C4C2=O)cc1. The number of carbonyl (C=O) groups is 2. The lowest BCUT2D eigenvalue weighted by Gasteiger charge is -2.27. The number of ether oxygens (including phenoxy) is 1. The highest BCUT2D eigenvalue weighted by molar-refractivity contribution is 5.93. The molecule has 4 heterocycles. The highest BCUT2D eigenvalue weighted by Gasteiger charge is 2.66. The summed E-state index contributed by atoms with van der Waals surface area (Å²) >= 11 is 0. The largest absolute Gasteiger partial charge is 0.360 e. The van der Waals surface area contributed by atoms with Gasteiger partial charge >= 0.3 is 0 Å². The van der Waals surface area contributed by atoms with E-state index in [2.05, 4.69) is 36.3 Å². The predicted octanol–water partition coefficient (Wildman–Crippen LogP) is 1.71. The van der Waals surface area contributed by atoms with Crippen LogP contribution in [0.3, 0.4) is 0 Å². The lowest BCUT2D eigenvalue weighted by atomic mass is 9.76. The average molecular weight is 421 g/mol. The van der Waals surface area contributed by atoms with E-state index in [1.807, 2.05) is 30.3 Å². The van der Waals surface area contributed by atoms with Gasteiger partial charge in [-0.3, -0.25) is 14.3 Å². The summed E-state index contributed by atoms with van der Waals surface area (Å²) in [6, 6.07) is 8.40. The van der Waals surface area contributed by atoms with Crippen LogP contribution in [0.2, 0.25) is 0 Å². The van der Waals surface area contributed by atoms with E-state index in [0.717, 1.165) is 12.0 Å². The van der Waals surface area contributed by atoms with E-state index in [0.29, 0.717) is 19.6 Å². The number of hydrogen-bond donors (Lipinski definition) is 0. The molecule has 2 saturated heterocycles. The minimum Gasteiger partial charge on any atom is -0.360 e. The van der Waals surface area contributed by atoms with Gasteiger partial charge in [0.15, 0.2) is 0 Å². The maximum absolute atomic E-state index is 13.4. The van der Waals surface area contributed by atoms with E-state index in [-0.39, 0.29) is 17.9 Å². The van der Waals surface area contributed by atoms with Crippen molar-refractivity contribution in [3.63, 3.8) is 0 Å². The van der Waals surface area contributed by atoms with Crippen molar-refractivity contribution in [2.75, 3.05) is 20.1 Å². The fraction of sp³-hybridized carbons (Fsp3) is 0.458. The number of benzene rings is 1. The first kappa shape index (κ1) is 20.0. The second kappa shape index (κ2) is 7.34. The molecule has 3 aliphatic heterocycles. The number of likely N-dealkylation sites (tertiary alicyclic amines) is 1. The normalized spacial score (nSPS) is 28.4. The van der Waals surface area contributed by atoms with Crippen molar-refractivity contribution >= 4 is 11.8 Å². The Morgan fingerprint density at radius 3 is 2.77 bits per heavy atom.